The third kappa shape index (κ3) is 8.63. The number of ether oxygens (including phenoxy) is 3. The van der Waals surface area contributed by atoms with Crippen LogP contribution < -0.4 is 9.47 Å². The van der Waals surface area contributed by atoms with Gasteiger partial charge in [0.1, 0.15) is 23.4 Å². The summed E-state index contributed by atoms with van der Waals surface area (Å²) < 4.78 is 54.8. The molecule has 0 bridgehead atoms. The summed E-state index contributed by atoms with van der Waals surface area (Å²) in [5, 5.41) is 8.92. The van der Waals surface area contributed by atoms with E-state index in [1.807, 2.05) is 13.8 Å². The molecule has 0 aliphatic heterocycles. The Bertz CT molecular complexity index is 887. The number of carbonyl (C=O) groups is 1. The van der Waals surface area contributed by atoms with Crippen LogP contribution in [0.25, 0.3) is 0 Å². The number of aliphatic carboxylic acids is 1. The number of hydrogen-bond acceptors (Lipinski definition) is 4. The Morgan fingerprint density at radius 1 is 1.00 bits per heavy atom. The Labute approximate surface area is 185 Å². The second-order valence-electron chi connectivity index (χ2n) is 7.81. The average molecular weight is 452 g/mol. The summed E-state index contributed by atoms with van der Waals surface area (Å²) in [5.41, 5.74) is -1.03. The highest BCUT2D eigenvalue weighted by Crippen LogP contribution is 2.32. The molecule has 174 valence electrons. The van der Waals surface area contributed by atoms with Crippen LogP contribution in [0.15, 0.2) is 60.7 Å². The van der Waals surface area contributed by atoms with E-state index >= 15 is 0 Å². The molecule has 2 rings (SSSR count). The van der Waals surface area contributed by atoms with Gasteiger partial charge in [-0.25, -0.2) is 4.79 Å². The van der Waals surface area contributed by atoms with Crippen molar-refractivity contribution in [3.8, 4) is 17.2 Å². The summed E-state index contributed by atoms with van der Waals surface area (Å²) in [4.78, 5) is 10.9. The highest BCUT2D eigenvalue weighted by molar-refractivity contribution is 5.79. The zero-order valence-electron chi connectivity index (χ0n) is 18.2. The normalized spacial score (nSPS) is 13.2. The summed E-state index contributed by atoms with van der Waals surface area (Å²) in [7, 11) is 1.65. The van der Waals surface area contributed by atoms with Gasteiger partial charge < -0.3 is 19.3 Å². The van der Waals surface area contributed by atoms with Crippen LogP contribution in [0.3, 0.4) is 0 Å². The minimum atomic E-state index is -4.40. The number of hydrogen-bond donors (Lipinski definition) is 1. The van der Waals surface area contributed by atoms with E-state index in [4.69, 9.17) is 19.3 Å². The molecule has 0 aliphatic rings. The maximum absolute atomic E-state index is 12.6. The minimum Gasteiger partial charge on any atom is -0.486 e. The third-order valence-electron chi connectivity index (χ3n) is 4.80. The molecule has 1 unspecified atom stereocenters. The fraction of sp³-hybridized carbons (Fsp3) is 0.375. The van der Waals surface area contributed by atoms with Gasteiger partial charge in [0.15, 0.2) is 0 Å². The number of benzene rings is 2. The van der Waals surface area contributed by atoms with Gasteiger partial charge in [-0.3, -0.25) is 0 Å². The number of rotatable bonds is 11. The summed E-state index contributed by atoms with van der Waals surface area (Å²) in [6, 6.07) is 11.0. The molecule has 0 heterocycles. The van der Waals surface area contributed by atoms with Crippen molar-refractivity contribution < 1.29 is 37.3 Å². The number of alkyl halides is 3. The lowest BCUT2D eigenvalue weighted by Crippen LogP contribution is -2.23. The third-order valence-corrected chi connectivity index (χ3v) is 4.80. The van der Waals surface area contributed by atoms with E-state index < -0.39 is 23.8 Å². The second kappa shape index (κ2) is 11.0. The van der Waals surface area contributed by atoms with Crippen LogP contribution >= 0.6 is 0 Å². The first-order valence-corrected chi connectivity index (χ1v) is 10.1. The van der Waals surface area contributed by atoms with E-state index in [-0.39, 0.29) is 11.4 Å². The summed E-state index contributed by atoms with van der Waals surface area (Å²) in [6.07, 6.45) is -0.152. The monoisotopic (exact) mass is 452 g/mol. The molecule has 32 heavy (non-hydrogen) atoms. The fourth-order valence-electron chi connectivity index (χ4n) is 2.82. The van der Waals surface area contributed by atoms with Crippen molar-refractivity contribution in [2.24, 2.45) is 0 Å². The van der Waals surface area contributed by atoms with Gasteiger partial charge in [0.25, 0.3) is 0 Å². The average Bonchev–Trinajstić information content (AvgIpc) is 2.73. The van der Waals surface area contributed by atoms with Gasteiger partial charge >= 0.3 is 12.1 Å². The van der Waals surface area contributed by atoms with Crippen LogP contribution in [0.1, 0.15) is 38.7 Å². The standard InChI is InChI=1S/C24H27F3O5/c1-23(2,30-3)16-4-5-18(14-15-22(28)29)31-20-10-12-21(13-11-20)32-19-8-6-17(7-9-19)24(25,26)27/h6-15,18H,4-5,16H2,1-3H3,(H,28,29). The topological polar surface area (TPSA) is 65.0 Å². The van der Waals surface area contributed by atoms with Gasteiger partial charge in [-0.15, -0.1) is 0 Å². The smallest absolute Gasteiger partial charge is 0.416 e. The van der Waals surface area contributed by atoms with E-state index in [9.17, 15) is 18.0 Å². The molecule has 2 aromatic rings. The van der Waals surface area contributed by atoms with E-state index in [0.29, 0.717) is 17.9 Å². The van der Waals surface area contributed by atoms with Crippen molar-refractivity contribution in [2.45, 2.75) is 51.0 Å². The molecule has 1 atom stereocenters. The van der Waals surface area contributed by atoms with Crippen molar-refractivity contribution in [2.75, 3.05) is 7.11 Å². The SMILES string of the molecule is COC(C)(C)CCCC(C=CC(=O)O)Oc1ccc(Oc2ccc(C(F)(F)F)cc2)cc1. The highest BCUT2D eigenvalue weighted by atomic mass is 19.4. The molecule has 0 amide bonds. The maximum Gasteiger partial charge on any atom is 0.416 e. The van der Waals surface area contributed by atoms with E-state index in [2.05, 4.69) is 0 Å². The lowest BCUT2D eigenvalue weighted by Gasteiger charge is -2.24. The summed E-state index contributed by atoms with van der Waals surface area (Å²) in [5.74, 6) is 0.151. The zero-order chi connectivity index (χ0) is 23.8. The number of carboxylic acids is 1. The quantitative estimate of drug-likeness (QED) is 0.395. The van der Waals surface area contributed by atoms with Crippen LogP contribution in [-0.4, -0.2) is 29.9 Å². The minimum absolute atomic E-state index is 0.273. The van der Waals surface area contributed by atoms with Gasteiger partial charge in [-0.1, -0.05) is 0 Å². The van der Waals surface area contributed by atoms with E-state index in [1.165, 1.54) is 18.2 Å². The van der Waals surface area contributed by atoms with Crippen LogP contribution in [-0.2, 0) is 15.7 Å². The molecule has 0 radical (unpaired) electrons. The number of halogens is 3. The van der Waals surface area contributed by atoms with E-state index in [0.717, 1.165) is 31.1 Å². The molecule has 2 aromatic carbocycles. The Kier molecular flexibility index (Phi) is 8.72. The van der Waals surface area contributed by atoms with Crippen LogP contribution in [0.5, 0.6) is 17.2 Å². The fourth-order valence-corrected chi connectivity index (χ4v) is 2.82. The summed E-state index contributed by atoms with van der Waals surface area (Å²) in [6.45, 7) is 3.96. The molecule has 0 saturated heterocycles. The Morgan fingerprint density at radius 2 is 1.53 bits per heavy atom. The van der Waals surface area contributed by atoms with Crippen LogP contribution in [0.4, 0.5) is 13.2 Å². The molecule has 0 aliphatic carbocycles. The van der Waals surface area contributed by atoms with Crippen molar-refractivity contribution in [1.82, 2.24) is 0 Å². The molecular weight excluding hydrogens is 425 g/mol. The first-order chi connectivity index (χ1) is 15.0. The Hall–Kier alpha value is -3.00. The maximum atomic E-state index is 12.6. The number of methoxy groups -OCH3 is 1. The largest absolute Gasteiger partial charge is 0.486 e. The molecule has 0 saturated carbocycles. The predicted molar refractivity (Wildman–Crippen MR) is 114 cm³/mol. The van der Waals surface area contributed by atoms with E-state index in [1.54, 1.807) is 31.4 Å². The molecule has 1 N–H and O–H groups in total. The first kappa shape index (κ1) is 25.3. The van der Waals surface area contributed by atoms with Gasteiger partial charge in [0.05, 0.1) is 11.2 Å². The lowest BCUT2D eigenvalue weighted by atomic mass is 9.99. The highest BCUT2D eigenvalue weighted by Gasteiger charge is 2.30. The van der Waals surface area contributed by atoms with Gasteiger partial charge in [0.2, 0.25) is 0 Å². The van der Waals surface area contributed by atoms with Gasteiger partial charge in [-0.05, 0) is 87.7 Å². The van der Waals surface area contributed by atoms with Crippen LogP contribution in [0, 0.1) is 0 Å². The van der Waals surface area contributed by atoms with Crippen molar-refractivity contribution in [3.63, 3.8) is 0 Å². The molecule has 5 nitrogen and oxygen atoms in total. The molecule has 8 heteroatoms. The Morgan fingerprint density at radius 3 is 2.03 bits per heavy atom. The van der Waals surface area contributed by atoms with Crippen LogP contribution in [0.2, 0.25) is 0 Å². The number of carboxylic acid groups (broad SMARTS) is 1. The first-order valence-electron chi connectivity index (χ1n) is 10.1. The van der Waals surface area contributed by atoms with Crippen molar-refractivity contribution in [3.05, 3.63) is 66.2 Å². The predicted octanol–water partition coefficient (Wildman–Crippen LogP) is 6.48. The van der Waals surface area contributed by atoms with Crippen molar-refractivity contribution in [1.29, 1.82) is 0 Å². The Balaban J connectivity index is 1.99. The summed E-state index contributed by atoms with van der Waals surface area (Å²) >= 11 is 0. The molecule has 0 fully saturated rings. The molecule has 0 spiro atoms. The molecular formula is C24H27F3O5. The zero-order valence-corrected chi connectivity index (χ0v) is 18.2. The lowest BCUT2D eigenvalue weighted by molar-refractivity contribution is -0.137. The van der Waals surface area contributed by atoms with Gasteiger partial charge in [-0.2, -0.15) is 13.2 Å². The van der Waals surface area contributed by atoms with Crippen molar-refractivity contribution >= 4 is 5.97 Å². The molecule has 0 aromatic heterocycles. The van der Waals surface area contributed by atoms with Gasteiger partial charge in [0, 0.05) is 13.2 Å². The second-order valence-corrected chi connectivity index (χ2v) is 7.81.